The highest BCUT2D eigenvalue weighted by Gasteiger charge is 2.13. The number of aryl methyl sites for hydroxylation is 2. The minimum atomic E-state index is -0.510. The molecule has 0 spiro atoms. The number of carbonyl (C=O) groups excluding carboxylic acids is 2. The van der Waals surface area contributed by atoms with Crippen LogP contribution in [-0.2, 0) is 22.6 Å². The van der Waals surface area contributed by atoms with Crippen LogP contribution < -0.4 is 5.32 Å². The summed E-state index contributed by atoms with van der Waals surface area (Å²) in [6.07, 6.45) is 3.31. The Morgan fingerprint density at radius 2 is 1.86 bits per heavy atom. The van der Waals surface area contributed by atoms with Gasteiger partial charge in [0.05, 0.1) is 0 Å². The van der Waals surface area contributed by atoms with Gasteiger partial charge < -0.3 is 5.32 Å². The molecule has 1 aromatic heterocycles. The predicted molar refractivity (Wildman–Crippen MR) is 85.2 cm³/mol. The summed E-state index contributed by atoms with van der Waals surface area (Å²) < 4.78 is 0. The summed E-state index contributed by atoms with van der Waals surface area (Å²) >= 11 is 0. The molecule has 0 saturated heterocycles. The lowest BCUT2D eigenvalue weighted by Gasteiger charge is -2.07. The summed E-state index contributed by atoms with van der Waals surface area (Å²) in [6, 6.07) is 13.5. The Balaban J connectivity index is 1.73. The predicted octanol–water partition coefficient (Wildman–Crippen LogP) is 2.60. The molecule has 0 fully saturated rings. The number of nitrogens with zero attached hydrogens (tertiary/aromatic N) is 1. The van der Waals surface area contributed by atoms with E-state index in [0.717, 1.165) is 16.8 Å². The standard InChI is InChI=1S/C18H20N2O2/c1-14-7-2-3-8-15(14)13-20-18(22)17(21)11-6-10-16-9-4-5-12-19-16/h2-5,7-9,12H,6,10-11,13H2,1H3,(H,20,22). The fourth-order valence-electron chi connectivity index (χ4n) is 2.17. The van der Waals surface area contributed by atoms with Gasteiger partial charge in [-0.3, -0.25) is 14.6 Å². The van der Waals surface area contributed by atoms with Crippen molar-refractivity contribution in [1.82, 2.24) is 10.3 Å². The number of benzene rings is 1. The molecule has 114 valence electrons. The monoisotopic (exact) mass is 296 g/mol. The maximum atomic E-state index is 11.8. The van der Waals surface area contributed by atoms with Gasteiger partial charge in [0, 0.05) is 24.9 Å². The van der Waals surface area contributed by atoms with Gasteiger partial charge >= 0.3 is 0 Å². The number of Topliss-reactive ketones (excluding diaryl/α,β-unsaturated/α-hetero) is 1. The summed E-state index contributed by atoms with van der Waals surface area (Å²) in [5.74, 6) is -0.881. The molecule has 1 N–H and O–H groups in total. The van der Waals surface area contributed by atoms with Crippen molar-refractivity contribution in [1.29, 1.82) is 0 Å². The number of rotatable bonds is 7. The molecule has 0 aliphatic rings. The topological polar surface area (TPSA) is 59.1 Å². The van der Waals surface area contributed by atoms with E-state index in [0.29, 0.717) is 19.4 Å². The van der Waals surface area contributed by atoms with Crippen LogP contribution in [0, 0.1) is 6.92 Å². The Labute approximate surface area is 130 Å². The molecule has 0 unspecified atom stereocenters. The Bertz CT molecular complexity index is 639. The highest BCUT2D eigenvalue weighted by Crippen LogP contribution is 2.06. The van der Waals surface area contributed by atoms with Crippen LogP contribution >= 0.6 is 0 Å². The van der Waals surface area contributed by atoms with Crippen LogP contribution in [0.4, 0.5) is 0 Å². The van der Waals surface area contributed by atoms with Gasteiger partial charge in [-0.2, -0.15) is 0 Å². The van der Waals surface area contributed by atoms with Crippen LogP contribution in [0.5, 0.6) is 0 Å². The summed E-state index contributed by atoms with van der Waals surface area (Å²) in [4.78, 5) is 27.8. The van der Waals surface area contributed by atoms with E-state index >= 15 is 0 Å². The van der Waals surface area contributed by atoms with Crippen LogP contribution in [0.3, 0.4) is 0 Å². The van der Waals surface area contributed by atoms with Crippen molar-refractivity contribution in [3.05, 3.63) is 65.5 Å². The van der Waals surface area contributed by atoms with Gasteiger partial charge in [-0.1, -0.05) is 30.3 Å². The van der Waals surface area contributed by atoms with Crippen LogP contribution in [0.15, 0.2) is 48.7 Å². The fraction of sp³-hybridized carbons (Fsp3) is 0.278. The van der Waals surface area contributed by atoms with Gasteiger partial charge in [-0.05, 0) is 43.0 Å². The third kappa shape index (κ3) is 4.81. The smallest absolute Gasteiger partial charge is 0.287 e. The van der Waals surface area contributed by atoms with Crippen LogP contribution in [0.1, 0.15) is 29.7 Å². The number of carbonyl (C=O) groups is 2. The first-order valence-electron chi connectivity index (χ1n) is 7.42. The first-order valence-corrected chi connectivity index (χ1v) is 7.42. The van der Waals surface area contributed by atoms with Crippen molar-refractivity contribution >= 4 is 11.7 Å². The van der Waals surface area contributed by atoms with E-state index in [1.165, 1.54) is 0 Å². The second-order valence-corrected chi connectivity index (χ2v) is 5.21. The molecule has 22 heavy (non-hydrogen) atoms. The Morgan fingerprint density at radius 3 is 2.59 bits per heavy atom. The number of ketones is 1. The lowest BCUT2D eigenvalue weighted by atomic mass is 10.1. The molecule has 2 rings (SSSR count). The third-order valence-electron chi connectivity index (χ3n) is 3.52. The molecule has 0 aliphatic heterocycles. The van der Waals surface area contributed by atoms with Crippen molar-refractivity contribution in [3.63, 3.8) is 0 Å². The number of amides is 1. The molecule has 4 heteroatoms. The molecule has 1 aromatic carbocycles. The van der Waals surface area contributed by atoms with Gasteiger partial charge in [0.25, 0.3) is 5.91 Å². The number of hydrogen-bond acceptors (Lipinski definition) is 3. The van der Waals surface area contributed by atoms with E-state index in [9.17, 15) is 9.59 Å². The van der Waals surface area contributed by atoms with E-state index in [1.54, 1.807) is 6.20 Å². The van der Waals surface area contributed by atoms with Gasteiger partial charge in [-0.15, -0.1) is 0 Å². The Kier molecular flexibility index (Phi) is 5.83. The molecule has 0 saturated carbocycles. The lowest BCUT2D eigenvalue weighted by Crippen LogP contribution is -2.30. The quantitative estimate of drug-likeness (QED) is 0.799. The summed E-state index contributed by atoms with van der Waals surface area (Å²) in [5, 5.41) is 2.68. The van der Waals surface area contributed by atoms with Crippen molar-refractivity contribution in [3.8, 4) is 0 Å². The third-order valence-corrected chi connectivity index (χ3v) is 3.52. The minimum absolute atomic E-state index is 0.246. The molecular weight excluding hydrogens is 276 g/mol. The van der Waals surface area contributed by atoms with E-state index < -0.39 is 5.91 Å². The van der Waals surface area contributed by atoms with Crippen LogP contribution in [0.2, 0.25) is 0 Å². The average molecular weight is 296 g/mol. The van der Waals surface area contributed by atoms with E-state index in [2.05, 4.69) is 10.3 Å². The second-order valence-electron chi connectivity index (χ2n) is 5.21. The zero-order chi connectivity index (χ0) is 15.8. The largest absolute Gasteiger partial charge is 0.345 e. The second kappa shape index (κ2) is 8.08. The van der Waals surface area contributed by atoms with Crippen LogP contribution in [0.25, 0.3) is 0 Å². The zero-order valence-corrected chi connectivity index (χ0v) is 12.7. The molecule has 0 bridgehead atoms. The molecule has 0 aliphatic carbocycles. The minimum Gasteiger partial charge on any atom is -0.345 e. The molecule has 1 heterocycles. The van der Waals surface area contributed by atoms with Gasteiger partial charge in [-0.25, -0.2) is 0 Å². The first-order chi connectivity index (χ1) is 10.7. The molecule has 0 radical (unpaired) electrons. The van der Waals surface area contributed by atoms with Crippen molar-refractivity contribution in [2.24, 2.45) is 0 Å². The van der Waals surface area contributed by atoms with Gasteiger partial charge in [0.2, 0.25) is 5.78 Å². The summed E-state index contributed by atoms with van der Waals surface area (Å²) in [6.45, 7) is 2.37. The summed E-state index contributed by atoms with van der Waals surface area (Å²) in [7, 11) is 0. The molecular formula is C18H20N2O2. The Hall–Kier alpha value is -2.49. The molecule has 2 aromatic rings. The Morgan fingerprint density at radius 1 is 1.09 bits per heavy atom. The van der Waals surface area contributed by atoms with Gasteiger partial charge in [0.15, 0.2) is 0 Å². The maximum Gasteiger partial charge on any atom is 0.287 e. The normalized spacial score (nSPS) is 10.2. The van der Waals surface area contributed by atoms with Crippen molar-refractivity contribution in [2.45, 2.75) is 32.7 Å². The number of pyridine rings is 1. The maximum absolute atomic E-state index is 11.8. The highest BCUT2D eigenvalue weighted by molar-refractivity contribution is 6.36. The van der Waals surface area contributed by atoms with Crippen molar-refractivity contribution in [2.75, 3.05) is 0 Å². The van der Waals surface area contributed by atoms with E-state index in [1.807, 2.05) is 49.4 Å². The van der Waals surface area contributed by atoms with E-state index in [-0.39, 0.29) is 12.2 Å². The van der Waals surface area contributed by atoms with E-state index in [4.69, 9.17) is 0 Å². The first kappa shape index (κ1) is 15.9. The molecule has 1 amide bonds. The zero-order valence-electron chi connectivity index (χ0n) is 12.7. The number of hydrogen-bond donors (Lipinski definition) is 1. The summed E-state index contributed by atoms with van der Waals surface area (Å²) in [5.41, 5.74) is 3.07. The highest BCUT2D eigenvalue weighted by atomic mass is 16.2. The van der Waals surface area contributed by atoms with Crippen LogP contribution in [-0.4, -0.2) is 16.7 Å². The lowest BCUT2D eigenvalue weighted by molar-refractivity contribution is -0.138. The molecule has 0 atom stereocenters. The number of nitrogens with one attached hydrogen (secondary N) is 1. The number of aromatic nitrogens is 1. The molecule has 4 nitrogen and oxygen atoms in total. The fourth-order valence-corrected chi connectivity index (χ4v) is 2.17. The van der Waals surface area contributed by atoms with Gasteiger partial charge in [0.1, 0.15) is 0 Å². The average Bonchev–Trinajstić information content (AvgIpc) is 2.54. The van der Waals surface area contributed by atoms with Crippen molar-refractivity contribution < 1.29 is 9.59 Å². The SMILES string of the molecule is Cc1ccccc1CNC(=O)C(=O)CCCc1ccccn1.